The summed E-state index contributed by atoms with van der Waals surface area (Å²) in [5, 5.41) is 21.0. The van der Waals surface area contributed by atoms with Gasteiger partial charge in [0.25, 0.3) is 0 Å². The molecule has 2 aliphatic heterocycles. The lowest BCUT2D eigenvalue weighted by Gasteiger charge is -2.64. The molecular weight excluding hydrogens is 254 g/mol. The SMILES string of the molecule is C[C@H]1C[C@]23C4=CCCN2CCC[C@@H]3C(=O)[C@@H](O)[C@@H]4[C@H]1O. The van der Waals surface area contributed by atoms with Crippen LogP contribution < -0.4 is 0 Å². The van der Waals surface area contributed by atoms with Crippen molar-refractivity contribution in [2.75, 3.05) is 13.1 Å². The highest BCUT2D eigenvalue weighted by atomic mass is 16.3. The second-order valence-electron chi connectivity index (χ2n) is 7.10. The molecule has 2 aliphatic carbocycles. The Morgan fingerprint density at radius 1 is 1.35 bits per heavy atom. The first-order chi connectivity index (χ1) is 9.57. The third kappa shape index (κ3) is 1.35. The van der Waals surface area contributed by atoms with Gasteiger partial charge in [0.2, 0.25) is 0 Å². The van der Waals surface area contributed by atoms with E-state index in [1.54, 1.807) is 0 Å². The Kier molecular flexibility index (Phi) is 2.70. The third-order valence-electron chi connectivity index (χ3n) is 6.24. The van der Waals surface area contributed by atoms with Crippen LogP contribution in [-0.4, -0.2) is 51.7 Å². The fourth-order valence-corrected chi connectivity index (χ4v) is 5.47. The number of hydrogen-bond donors (Lipinski definition) is 2. The Morgan fingerprint density at radius 2 is 2.15 bits per heavy atom. The van der Waals surface area contributed by atoms with Gasteiger partial charge in [0.1, 0.15) is 6.10 Å². The maximum atomic E-state index is 12.6. The van der Waals surface area contributed by atoms with Crippen LogP contribution in [0.1, 0.15) is 32.6 Å². The Bertz CT molecular complexity index is 488. The van der Waals surface area contributed by atoms with Crippen molar-refractivity contribution in [1.82, 2.24) is 4.90 Å². The molecule has 0 aromatic rings. The average molecular weight is 277 g/mol. The molecule has 2 N–H and O–H groups in total. The topological polar surface area (TPSA) is 60.8 Å². The number of rotatable bonds is 0. The van der Waals surface area contributed by atoms with Gasteiger partial charge in [-0.2, -0.15) is 0 Å². The number of aliphatic hydroxyl groups is 2. The molecule has 3 fully saturated rings. The lowest BCUT2D eigenvalue weighted by molar-refractivity contribution is -0.165. The summed E-state index contributed by atoms with van der Waals surface area (Å²) in [4.78, 5) is 15.1. The van der Waals surface area contributed by atoms with Crippen molar-refractivity contribution in [3.8, 4) is 0 Å². The lowest BCUT2D eigenvalue weighted by atomic mass is 9.50. The van der Waals surface area contributed by atoms with Crippen molar-refractivity contribution in [3.63, 3.8) is 0 Å². The summed E-state index contributed by atoms with van der Waals surface area (Å²) in [5.41, 5.74) is 0.988. The van der Waals surface area contributed by atoms with Gasteiger partial charge in [-0.05, 0) is 43.7 Å². The van der Waals surface area contributed by atoms with E-state index in [0.29, 0.717) is 0 Å². The smallest absolute Gasteiger partial charge is 0.167 e. The minimum Gasteiger partial charge on any atom is -0.392 e. The molecule has 2 saturated carbocycles. The summed E-state index contributed by atoms with van der Waals surface area (Å²) < 4.78 is 0. The molecule has 0 aromatic carbocycles. The van der Waals surface area contributed by atoms with Crippen LogP contribution in [0.4, 0.5) is 0 Å². The summed E-state index contributed by atoms with van der Waals surface area (Å²) >= 11 is 0. The maximum absolute atomic E-state index is 12.6. The maximum Gasteiger partial charge on any atom is 0.167 e. The Labute approximate surface area is 119 Å². The molecule has 110 valence electrons. The highest BCUT2D eigenvalue weighted by molar-refractivity contribution is 5.90. The standard InChI is InChI=1S/C16H23NO3/c1-9-8-16-10-4-2-6-17(16)7-3-5-11(16)14(19)15(20)12(10)13(9)18/h4,9,11-13,15,18,20H,2-3,5-8H2,1H3/t9-,11+,12-,13-,15-,16+/m0/s1. The molecule has 4 aliphatic rings. The highest BCUT2D eigenvalue weighted by Crippen LogP contribution is 2.57. The first kappa shape index (κ1) is 13.0. The predicted octanol–water partition coefficient (Wildman–Crippen LogP) is 0.728. The number of carbonyl (C=O) groups is 1. The van der Waals surface area contributed by atoms with Crippen LogP contribution in [-0.2, 0) is 4.79 Å². The number of nitrogens with zero attached hydrogens (tertiary/aromatic N) is 1. The van der Waals surface area contributed by atoms with Crippen LogP contribution in [0.2, 0.25) is 0 Å². The molecule has 0 amide bonds. The molecule has 4 heteroatoms. The van der Waals surface area contributed by atoms with E-state index >= 15 is 0 Å². The van der Waals surface area contributed by atoms with E-state index in [4.69, 9.17) is 0 Å². The fraction of sp³-hybridized carbons (Fsp3) is 0.812. The molecular formula is C16H23NO3. The van der Waals surface area contributed by atoms with Gasteiger partial charge in [-0.15, -0.1) is 0 Å². The number of Topliss-reactive ketones (excluding diaryl/α,β-unsaturated/α-hetero) is 1. The molecule has 20 heavy (non-hydrogen) atoms. The van der Waals surface area contributed by atoms with Gasteiger partial charge < -0.3 is 10.2 Å². The van der Waals surface area contributed by atoms with E-state index < -0.39 is 12.2 Å². The number of ketones is 1. The monoisotopic (exact) mass is 277 g/mol. The Hall–Kier alpha value is -0.710. The van der Waals surface area contributed by atoms with Gasteiger partial charge in [-0.25, -0.2) is 0 Å². The van der Waals surface area contributed by atoms with Gasteiger partial charge in [0.15, 0.2) is 5.78 Å². The quantitative estimate of drug-likeness (QED) is 0.641. The molecule has 2 heterocycles. The number of aliphatic hydroxyl groups excluding tert-OH is 2. The summed E-state index contributed by atoms with van der Waals surface area (Å²) in [6, 6.07) is 0. The second kappa shape index (κ2) is 4.15. The first-order valence-corrected chi connectivity index (χ1v) is 7.93. The highest BCUT2D eigenvalue weighted by Gasteiger charge is 2.64. The third-order valence-corrected chi connectivity index (χ3v) is 6.24. The molecule has 0 aromatic heterocycles. The molecule has 4 rings (SSSR count). The Balaban J connectivity index is 1.92. The van der Waals surface area contributed by atoms with E-state index in [9.17, 15) is 15.0 Å². The van der Waals surface area contributed by atoms with Crippen molar-refractivity contribution in [3.05, 3.63) is 11.6 Å². The zero-order chi connectivity index (χ0) is 14.1. The lowest BCUT2D eigenvalue weighted by Crippen LogP contribution is -2.72. The average Bonchev–Trinajstić information content (AvgIpc) is 2.44. The fourth-order valence-electron chi connectivity index (χ4n) is 5.47. The molecule has 4 nitrogen and oxygen atoms in total. The van der Waals surface area contributed by atoms with Crippen molar-refractivity contribution in [1.29, 1.82) is 0 Å². The minimum atomic E-state index is -1.00. The van der Waals surface area contributed by atoms with Gasteiger partial charge in [0, 0.05) is 18.4 Å². The van der Waals surface area contributed by atoms with Crippen LogP contribution in [0.3, 0.4) is 0 Å². The number of carbonyl (C=O) groups excluding carboxylic acids is 1. The van der Waals surface area contributed by atoms with Gasteiger partial charge >= 0.3 is 0 Å². The molecule has 0 radical (unpaired) electrons. The molecule has 6 atom stereocenters. The number of hydrogen-bond acceptors (Lipinski definition) is 4. The zero-order valence-electron chi connectivity index (χ0n) is 12.0. The molecule has 0 unspecified atom stereocenters. The van der Waals surface area contributed by atoms with E-state index in [1.807, 2.05) is 0 Å². The number of piperidine rings is 1. The van der Waals surface area contributed by atoms with Crippen LogP contribution in [0, 0.1) is 17.8 Å². The van der Waals surface area contributed by atoms with E-state index in [0.717, 1.165) is 38.8 Å². The Morgan fingerprint density at radius 3 is 2.95 bits per heavy atom. The van der Waals surface area contributed by atoms with E-state index in [-0.39, 0.29) is 29.1 Å². The van der Waals surface area contributed by atoms with Crippen molar-refractivity contribution < 1.29 is 15.0 Å². The van der Waals surface area contributed by atoms with Crippen molar-refractivity contribution in [2.45, 2.75) is 50.4 Å². The van der Waals surface area contributed by atoms with Crippen molar-refractivity contribution in [2.24, 2.45) is 17.8 Å². The van der Waals surface area contributed by atoms with Crippen LogP contribution in [0.5, 0.6) is 0 Å². The van der Waals surface area contributed by atoms with Gasteiger partial charge in [-0.3, -0.25) is 9.69 Å². The van der Waals surface area contributed by atoms with Crippen LogP contribution >= 0.6 is 0 Å². The molecule has 1 spiro atoms. The van der Waals surface area contributed by atoms with Crippen molar-refractivity contribution >= 4 is 5.78 Å². The summed E-state index contributed by atoms with van der Waals surface area (Å²) in [6.45, 7) is 4.12. The first-order valence-electron chi connectivity index (χ1n) is 7.93. The minimum absolute atomic E-state index is 0.0234. The van der Waals surface area contributed by atoms with Crippen LogP contribution in [0.25, 0.3) is 0 Å². The molecule has 1 saturated heterocycles. The largest absolute Gasteiger partial charge is 0.392 e. The molecule has 2 bridgehead atoms. The van der Waals surface area contributed by atoms with E-state index in [2.05, 4.69) is 17.9 Å². The zero-order valence-corrected chi connectivity index (χ0v) is 12.0. The van der Waals surface area contributed by atoms with Crippen LogP contribution in [0.15, 0.2) is 11.6 Å². The second-order valence-corrected chi connectivity index (χ2v) is 7.10. The normalized spacial score (nSPS) is 51.5. The summed E-state index contributed by atoms with van der Waals surface area (Å²) in [7, 11) is 0. The summed E-state index contributed by atoms with van der Waals surface area (Å²) in [6.07, 6.45) is 4.38. The van der Waals surface area contributed by atoms with Gasteiger partial charge in [-0.1, -0.05) is 13.0 Å². The summed E-state index contributed by atoms with van der Waals surface area (Å²) in [5.74, 6) is -0.321. The van der Waals surface area contributed by atoms with Gasteiger partial charge in [0.05, 0.1) is 11.6 Å². The predicted molar refractivity (Wildman–Crippen MR) is 74.0 cm³/mol. The van der Waals surface area contributed by atoms with E-state index in [1.165, 1.54) is 5.57 Å².